The largest absolute Gasteiger partial charge is 0.396 e. The first-order valence-electron chi connectivity index (χ1n) is 5.79. The van der Waals surface area contributed by atoms with Crippen molar-refractivity contribution >= 4 is 5.91 Å². The van der Waals surface area contributed by atoms with Crippen molar-refractivity contribution < 1.29 is 9.90 Å². The standard InChI is InChI=1S/C11H20N2O2/c1-7-3-4-9-5-8(6-14)10(12-2)11(15)13(7)9/h7-10,12,14H,3-6H2,1-2H3/t7-,8+,9?,10?/m1/s1. The smallest absolute Gasteiger partial charge is 0.240 e. The van der Waals surface area contributed by atoms with Crippen LogP contribution in [-0.4, -0.2) is 47.7 Å². The van der Waals surface area contributed by atoms with Gasteiger partial charge in [0.1, 0.15) is 0 Å². The Labute approximate surface area is 90.6 Å². The molecular formula is C11H20N2O2. The second-order valence-electron chi connectivity index (χ2n) is 4.77. The van der Waals surface area contributed by atoms with Crippen LogP contribution in [0.3, 0.4) is 0 Å². The first-order valence-corrected chi connectivity index (χ1v) is 5.79. The van der Waals surface area contributed by atoms with Crippen molar-refractivity contribution in [1.29, 1.82) is 0 Å². The van der Waals surface area contributed by atoms with Gasteiger partial charge in [-0.1, -0.05) is 0 Å². The van der Waals surface area contributed by atoms with Gasteiger partial charge in [0.15, 0.2) is 0 Å². The van der Waals surface area contributed by atoms with Crippen LogP contribution in [0.15, 0.2) is 0 Å². The van der Waals surface area contributed by atoms with E-state index in [1.54, 1.807) is 7.05 Å². The van der Waals surface area contributed by atoms with Crippen molar-refractivity contribution in [2.24, 2.45) is 5.92 Å². The lowest BCUT2D eigenvalue weighted by Crippen LogP contribution is -2.58. The Morgan fingerprint density at radius 2 is 2.27 bits per heavy atom. The third-order valence-corrected chi connectivity index (χ3v) is 3.90. The fourth-order valence-electron chi connectivity index (χ4n) is 3.09. The number of nitrogens with one attached hydrogen (secondary N) is 1. The molecule has 2 aliphatic heterocycles. The molecule has 0 aromatic carbocycles. The maximum absolute atomic E-state index is 12.2. The SMILES string of the molecule is CNC1C(=O)N2C(CC[C@H]2C)C[C@H]1CO. The van der Waals surface area contributed by atoms with Gasteiger partial charge in [0.2, 0.25) is 5.91 Å². The van der Waals surface area contributed by atoms with E-state index in [1.807, 2.05) is 4.90 Å². The van der Waals surface area contributed by atoms with Crippen molar-refractivity contribution in [3.05, 3.63) is 0 Å². The number of nitrogens with zero attached hydrogens (tertiary/aromatic N) is 1. The van der Waals surface area contributed by atoms with Gasteiger partial charge in [-0.25, -0.2) is 0 Å². The summed E-state index contributed by atoms with van der Waals surface area (Å²) < 4.78 is 0. The molecule has 0 aliphatic carbocycles. The quantitative estimate of drug-likeness (QED) is 0.675. The van der Waals surface area contributed by atoms with E-state index in [4.69, 9.17) is 0 Å². The van der Waals surface area contributed by atoms with Gasteiger partial charge in [0.25, 0.3) is 0 Å². The molecule has 4 heteroatoms. The van der Waals surface area contributed by atoms with Gasteiger partial charge in [0.05, 0.1) is 6.04 Å². The minimum absolute atomic E-state index is 0.0917. The van der Waals surface area contributed by atoms with Gasteiger partial charge in [-0.2, -0.15) is 0 Å². The number of likely N-dealkylation sites (N-methyl/N-ethyl adjacent to an activating group) is 1. The van der Waals surface area contributed by atoms with Crippen LogP contribution in [0, 0.1) is 5.92 Å². The van der Waals surface area contributed by atoms with Gasteiger partial charge in [-0.05, 0) is 33.2 Å². The van der Waals surface area contributed by atoms with Crippen LogP contribution in [-0.2, 0) is 4.79 Å². The van der Waals surface area contributed by atoms with Crippen LogP contribution in [0.2, 0.25) is 0 Å². The Kier molecular flexibility index (Phi) is 2.98. The third-order valence-electron chi connectivity index (χ3n) is 3.90. The molecule has 0 aromatic rings. The number of rotatable bonds is 2. The highest BCUT2D eigenvalue weighted by Crippen LogP contribution is 2.34. The van der Waals surface area contributed by atoms with E-state index >= 15 is 0 Å². The number of carbonyl (C=O) groups is 1. The number of fused-ring (bicyclic) bond motifs is 1. The van der Waals surface area contributed by atoms with Crippen molar-refractivity contribution in [2.45, 2.75) is 44.3 Å². The van der Waals surface area contributed by atoms with Crippen molar-refractivity contribution in [3.8, 4) is 0 Å². The highest BCUT2D eigenvalue weighted by Gasteiger charge is 2.45. The zero-order valence-corrected chi connectivity index (χ0v) is 9.44. The molecule has 2 N–H and O–H groups in total. The Morgan fingerprint density at radius 1 is 1.53 bits per heavy atom. The molecule has 0 aromatic heterocycles. The van der Waals surface area contributed by atoms with Gasteiger partial charge >= 0.3 is 0 Å². The molecule has 15 heavy (non-hydrogen) atoms. The average Bonchev–Trinajstić information content (AvgIpc) is 2.60. The molecular weight excluding hydrogens is 192 g/mol. The summed E-state index contributed by atoms with van der Waals surface area (Å²) in [5.74, 6) is 0.270. The second-order valence-corrected chi connectivity index (χ2v) is 4.77. The van der Waals surface area contributed by atoms with Crippen LogP contribution in [0.1, 0.15) is 26.2 Å². The van der Waals surface area contributed by atoms with Gasteiger partial charge in [-0.3, -0.25) is 4.79 Å². The molecule has 2 heterocycles. The van der Waals surface area contributed by atoms with E-state index in [0.717, 1.165) is 19.3 Å². The summed E-state index contributed by atoms with van der Waals surface area (Å²) in [6.07, 6.45) is 3.14. The summed E-state index contributed by atoms with van der Waals surface area (Å²) in [7, 11) is 1.80. The zero-order valence-electron chi connectivity index (χ0n) is 9.44. The van der Waals surface area contributed by atoms with E-state index in [1.165, 1.54) is 0 Å². The molecule has 4 nitrogen and oxygen atoms in total. The molecule has 4 atom stereocenters. The normalized spacial score (nSPS) is 40.7. The van der Waals surface area contributed by atoms with Crippen LogP contribution in [0.25, 0.3) is 0 Å². The molecule has 86 valence electrons. The summed E-state index contributed by atoms with van der Waals surface area (Å²) in [6.45, 7) is 2.22. The van der Waals surface area contributed by atoms with Gasteiger partial charge in [-0.15, -0.1) is 0 Å². The maximum atomic E-state index is 12.2. The van der Waals surface area contributed by atoms with Crippen molar-refractivity contribution in [3.63, 3.8) is 0 Å². The summed E-state index contributed by atoms with van der Waals surface area (Å²) in [5, 5.41) is 12.3. The Bertz CT molecular complexity index is 257. The Hall–Kier alpha value is -0.610. The summed E-state index contributed by atoms with van der Waals surface area (Å²) in [4.78, 5) is 14.2. The van der Waals surface area contributed by atoms with Gasteiger partial charge in [0, 0.05) is 24.6 Å². The predicted molar refractivity (Wildman–Crippen MR) is 57.4 cm³/mol. The number of hydrogen-bond acceptors (Lipinski definition) is 3. The topological polar surface area (TPSA) is 52.6 Å². The molecule has 0 radical (unpaired) electrons. The minimum atomic E-state index is -0.188. The van der Waals surface area contributed by atoms with Crippen LogP contribution in [0.4, 0.5) is 0 Å². The van der Waals surface area contributed by atoms with Gasteiger partial charge < -0.3 is 15.3 Å². The third kappa shape index (κ3) is 1.66. The Morgan fingerprint density at radius 3 is 2.87 bits per heavy atom. The Balaban J connectivity index is 2.18. The minimum Gasteiger partial charge on any atom is -0.396 e. The molecule has 2 aliphatic rings. The fourth-order valence-corrected chi connectivity index (χ4v) is 3.09. The molecule has 0 spiro atoms. The van der Waals surface area contributed by atoms with E-state index in [2.05, 4.69) is 12.2 Å². The highest BCUT2D eigenvalue weighted by atomic mass is 16.3. The molecule has 2 rings (SSSR count). The average molecular weight is 212 g/mol. The van der Waals surface area contributed by atoms with Crippen molar-refractivity contribution in [1.82, 2.24) is 10.2 Å². The van der Waals surface area contributed by atoms with E-state index in [0.29, 0.717) is 12.1 Å². The van der Waals surface area contributed by atoms with Crippen LogP contribution >= 0.6 is 0 Å². The molecule has 1 amide bonds. The van der Waals surface area contributed by atoms with Crippen molar-refractivity contribution in [2.75, 3.05) is 13.7 Å². The fraction of sp³-hybridized carbons (Fsp3) is 0.909. The summed E-state index contributed by atoms with van der Waals surface area (Å²) in [5.41, 5.74) is 0. The molecule has 2 saturated heterocycles. The van der Waals surface area contributed by atoms with Crippen LogP contribution < -0.4 is 5.32 Å². The van der Waals surface area contributed by atoms with E-state index < -0.39 is 0 Å². The number of piperidine rings is 1. The highest BCUT2D eigenvalue weighted by molar-refractivity contribution is 5.84. The second kappa shape index (κ2) is 4.10. The lowest BCUT2D eigenvalue weighted by Gasteiger charge is -2.41. The number of aliphatic hydroxyl groups excluding tert-OH is 1. The predicted octanol–water partition coefficient (Wildman–Crippen LogP) is -0.0339. The first kappa shape index (κ1) is 10.9. The zero-order chi connectivity index (χ0) is 11.0. The molecule has 2 unspecified atom stereocenters. The first-order chi connectivity index (χ1) is 7.19. The number of carbonyl (C=O) groups excluding carboxylic acids is 1. The lowest BCUT2D eigenvalue weighted by molar-refractivity contribution is -0.142. The molecule has 0 bridgehead atoms. The maximum Gasteiger partial charge on any atom is 0.240 e. The van der Waals surface area contributed by atoms with E-state index in [9.17, 15) is 9.90 Å². The lowest BCUT2D eigenvalue weighted by atomic mass is 9.87. The monoisotopic (exact) mass is 212 g/mol. The summed E-state index contributed by atoms with van der Waals surface area (Å²) in [6, 6.07) is 0.555. The summed E-state index contributed by atoms with van der Waals surface area (Å²) >= 11 is 0. The molecule has 0 saturated carbocycles. The van der Waals surface area contributed by atoms with Crippen LogP contribution in [0.5, 0.6) is 0 Å². The number of aliphatic hydroxyl groups is 1. The number of hydrogen-bond donors (Lipinski definition) is 2. The number of amides is 1. The van der Waals surface area contributed by atoms with E-state index in [-0.39, 0.29) is 24.5 Å². The molecule has 2 fully saturated rings.